The first kappa shape index (κ1) is 28.9. The molecule has 0 fully saturated rings. The summed E-state index contributed by atoms with van der Waals surface area (Å²) in [4.78, 5) is 25.2. The summed E-state index contributed by atoms with van der Waals surface area (Å²) in [6.45, 7) is 13.1. The highest BCUT2D eigenvalue weighted by Crippen LogP contribution is 2.29. The zero-order valence-electron chi connectivity index (χ0n) is 24.6. The Labute approximate surface area is 237 Å². The van der Waals surface area contributed by atoms with E-state index in [0.717, 1.165) is 33.3 Å². The van der Waals surface area contributed by atoms with E-state index < -0.39 is 6.10 Å². The second-order valence-corrected chi connectivity index (χ2v) is 10.7. The number of nitrogens with one attached hydrogen (secondary N) is 1. The van der Waals surface area contributed by atoms with Gasteiger partial charge in [0.25, 0.3) is 5.91 Å². The Morgan fingerprint density at radius 3 is 2.35 bits per heavy atom. The minimum atomic E-state index is -0.636. The number of hydrogen-bond donors (Lipinski definition) is 1. The molecular weight excluding hydrogens is 500 g/mol. The van der Waals surface area contributed by atoms with E-state index >= 15 is 0 Å². The Morgan fingerprint density at radius 1 is 0.925 bits per heavy atom. The predicted molar refractivity (Wildman–Crippen MR) is 160 cm³/mol. The van der Waals surface area contributed by atoms with Gasteiger partial charge >= 0.3 is 5.97 Å². The molecule has 1 amide bonds. The van der Waals surface area contributed by atoms with Crippen molar-refractivity contribution in [2.24, 2.45) is 0 Å². The molecule has 0 bridgehead atoms. The molecule has 2 atom stereocenters. The number of benzene rings is 3. The Bertz CT molecular complexity index is 1520. The first-order chi connectivity index (χ1) is 19.1. The Balaban J connectivity index is 1.55. The first-order valence-corrected chi connectivity index (χ1v) is 14.0. The van der Waals surface area contributed by atoms with Crippen LogP contribution in [0.5, 0.6) is 5.75 Å². The van der Waals surface area contributed by atoms with Crippen LogP contribution in [0.3, 0.4) is 0 Å². The monoisotopic (exact) mass is 540 g/mol. The van der Waals surface area contributed by atoms with Crippen LogP contribution >= 0.6 is 0 Å². The quantitative estimate of drug-likeness (QED) is 0.215. The number of fused-ring (bicyclic) bond motifs is 1. The fraction of sp³-hybridized carbons (Fsp3) is 0.353. The number of hydrogen-bond acceptors (Lipinski definition) is 4. The van der Waals surface area contributed by atoms with E-state index in [1.165, 1.54) is 12.7 Å². The van der Waals surface area contributed by atoms with Crippen LogP contribution in [-0.2, 0) is 16.1 Å². The van der Waals surface area contributed by atoms with Gasteiger partial charge in [-0.25, -0.2) is 4.79 Å². The summed E-state index contributed by atoms with van der Waals surface area (Å²) in [6, 6.07) is 22.0. The molecule has 1 aromatic heterocycles. The Morgan fingerprint density at radius 2 is 1.65 bits per heavy atom. The molecular formula is C34H40N2O4. The smallest absolute Gasteiger partial charge is 0.347 e. The van der Waals surface area contributed by atoms with Crippen molar-refractivity contribution in [2.45, 2.75) is 72.6 Å². The van der Waals surface area contributed by atoms with Gasteiger partial charge in [0, 0.05) is 28.7 Å². The van der Waals surface area contributed by atoms with Gasteiger partial charge in [-0.3, -0.25) is 4.79 Å². The molecule has 40 heavy (non-hydrogen) atoms. The largest absolute Gasteiger partial charge is 0.479 e. The third-order valence-corrected chi connectivity index (χ3v) is 7.68. The number of esters is 1. The van der Waals surface area contributed by atoms with Gasteiger partial charge in [-0.05, 0) is 85.7 Å². The molecule has 6 heteroatoms. The highest BCUT2D eigenvalue weighted by Gasteiger charge is 2.20. The minimum Gasteiger partial charge on any atom is -0.479 e. The van der Waals surface area contributed by atoms with Crippen LogP contribution in [0.4, 0.5) is 0 Å². The van der Waals surface area contributed by atoms with Gasteiger partial charge in [-0.15, -0.1) is 0 Å². The molecule has 0 aliphatic heterocycles. The van der Waals surface area contributed by atoms with Crippen molar-refractivity contribution in [3.05, 3.63) is 100 Å². The standard InChI is InChI=1S/C34H40N2O4/c1-8-32(34(38)39-7)40-29-14-9-11-25(17-29)20-36-24(6)22(4)30-19-28(15-16-31(30)36)33(37)35-23(5)27-13-10-12-26(18-27)21(2)3/h9-19,21,23,32H,8,20H2,1-7H3,(H,35,37)/t23-,32+/m0/s1. The van der Waals surface area contributed by atoms with Crippen LogP contribution in [0, 0.1) is 13.8 Å². The van der Waals surface area contributed by atoms with E-state index in [1.54, 1.807) is 0 Å². The van der Waals surface area contributed by atoms with E-state index in [0.29, 0.717) is 30.2 Å². The number of carbonyl (C=O) groups excluding carboxylic acids is 2. The topological polar surface area (TPSA) is 69.6 Å². The third-order valence-electron chi connectivity index (χ3n) is 7.68. The van der Waals surface area contributed by atoms with Crippen LogP contribution < -0.4 is 10.1 Å². The zero-order valence-corrected chi connectivity index (χ0v) is 24.6. The average molecular weight is 541 g/mol. The van der Waals surface area contributed by atoms with Crippen molar-refractivity contribution >= 4 is 22.8 Å². The lowest BCUT2D eigenvalue weighted by molar-refractivity contribution is -0.148. The van der Waals surface area contributed by atoms with Crippen molar-refractivity contribution in [1.82, 2.24) is 9.88 Å². The van der Waals surface area contributed by atoms with Gasteiger partial charge in [-0.2, -0.15) is 0 Å². The molecule has 0 aliphatic rings. The van der Waals surface area contributed by atoms with E-state index in [1.807, 2.05) is 56.3 Å². The third kappa shape index (κ3) is 6.22. The van der Waals surface area contributed by atoms with Gasteiger partial charge in [0.15, 0.2) is 6.10 Å². The fourth-order valence-corrected chi connectivity index (χ4v) is 5.04. The lowest BCUT2D eigenvalue weighted by Crippen LogP contribution is -2.27. The molecule has 0 spiro atoms. The van der Waals surface area contributed by atoms with E-state index in [-0.39, 0.29) is 17.9 Å². The predicted octanol–water partition coefficient (Wildman–Crippen LogP) is 7.25. The molecule has 1 heterocycles. The maximum absolute atomic E-state index is 13.2. The number of amides is 1. The SMILES string of the molecule is CC[C@@H](Oc1cccc(Cn2c(C)c(C)c3cc(C(=O)N[C@@H](C)c4cccc(C(C)C)c4)ccc32)c1)C(=O)OC. The van der Waals surface area contributed by atoms with Crippen LogP contribution in [-0.4, -0.2) is 29.7 Å². The van der Waals surface area contributed by atoms with Crippen LogP contribution in [0.2, 0.25) is 0 Å². The molecule has 0 unspecified atom stereocenters. The maximum atomic E-state index is 13.2. The summed E-state index contributed by atoms with van der Waals surface area (Å²) >= 11 is 0. The number of aromatic nitrogens is 1. The molecule has 4 rings (SSSR count). The first-order valence-electron chi connectivity index (χ1n) is 14.0. The second kappa shape index (κ2) is 12.4. The van der Waals surface area contributed by atoms with Crippen LogP contribution in [0.1, 0.15) is 84.4 Å². The molecule has 4 aromatic rings. The summed E-state index contributed by atoms with van der Waals surface area (Å²) in [6.07, 6.45) is -0.112. The van der Waals surface area contributed by atoms with Gasteiger partial charge in [-0.1, -0.05) is 57.2 Å². The van der Waals surface area contributed by atoms with Crippen LogP contribution in [0.15, 0.2) is 66.7 Å². The lowest BCUT2D eigenvalue weighted by atomic mass is 9.98. The normalized spacial score (nSPS) is 12.8. The molecule has 1 N–H and O–H groups in total. The number of methoxy groups -OCH3 is 1. The minimum absolute atomic E-state index is 0.0879. The van der Waals surface area contributed by atoms with Crippen molar-refractivity contribution in [3.8, 4) is 5.75 Å². The lowest BCUT2D eigenvalue weighted by Gasteiger charge is -2.17. The summed E-state index contributed by atoms with van der Waals surface area (Å²) in [5.74, 6) is 0.598. The van der Waals surface area contributed by atoms with Crippen LogP contribution in [0.25, 0.3) is 10.9 Å². The molecule has 0 aliphatic carbocycles. The van der Waals surface area contributed by atoms with E-state index in [4.69, 9.17) is 9.47 Å². The Kier molecular flexibility index (Phi) is 8.98. The van der Waals surface area contributed by atoms with Gasteiger partial charge in [0.05, 0.1) is 13.2 Å². The van der Waals surface area contributed by atoms with Crippen molar-refractivity contribution in [1.29, 1.82) is 0 Å². The van der Waals surface area contributed by atoms with Gasteiger partial charge in [0.1, 0.15) is 5.75 Å². The van der Waals surface area contributed by atoms with E-state index in [9.17, 15) is 9.59 Å². The number of carbonyl (C=O) groups is 2. The molecule has 3 aromatic carbocycles. The van der Waals surface area contributed by atoms with E-state index in [2.05, 4.69) is 61.8 Å². The summed E-state index contributed by atoms with van der Waals surface area (Å²) in [5.41, 5.74) is 7.40. The zero-order chi connectivity index (χ0) is 29.0. The van der Waals surface area contributed by atoms with Gasteiger partial charge < -0.3 is 19.4 Å². The van der Waals surface area contributed by atoms with Crippen molar-refractivity contribution in [3.63, 3.8) is 0 Å². The summed E-state index contributed by atoms with van der Waals surface area (Å²) < 4.78 is 13.0. The molecule has 0 saturated heterocycles. The summed E-state index contributed by atoms with van der Waals surface area (Å²) in [5, 5.41) is 4.23. The highest BCUT2D eigenvalue weighted by atomic mass is 16.6. The number of nitrogens with zero attached hydrogens (tertiary/aromatic N) is 1. The fourth-order valence-electron chi connectivity index (χ4n) is 5.04. The number of rotatable bonds is 10. The molecule has 0 radical (unpaired) electrons. The van der Waals surface area contributed by atoms with Gasteiger partial charge in [0.2, 0.25) is 0 Å². The number of ether oxygens (including phenoxy) is 2. The number of aryl methyl sites for hydroxylation is 1. The van der Waals surface area contributed by atoms with Crippen molar-refractivity contribution in [2.75, 3.05) is 7.11 Å². The average Bonchev–Trinajstić information content (AvgIpc) is 3.19. The Hall–Kier alpha value is -4.06. The second-order valence-electron chi connectivity index (χ2n) is 10.7. The summed E-state index contributed by atoms with van der Waals surface area (Å²) in [7, 11) is 1.37. The maximum Gasteiger partial charge on any atom is 0.347 e. The van der Waals surface area contributed by atoms with Crippen molar-refractivity contribution < 1.29 is 19.1 Å². The molecule has 210 valence electrons. The highest BCUT2D eigenvalue weighted by molar-refractivity contribution is 5.99. The molecule has 0 saturated carbocycles. The molecule has 6 nitrogen and oxygen atoms in total.